The number of halogens is 1. The Labute approximate surface area is 98.4 Å². The van der Waals surface area contributed by atoms with Gasteiger partial charge in [-0.15, -0.1) is 0 Å². The van der Waals surface area contributed by atoms with Crippen molar-refractivity contribution < 1.29 is 4.74 Å². The van der Waals surface area contributed by atoms with Crippen LogP contribution in [0, 0.1) is 0 Å². The molecule has 4 heteroatoms. The summed E-state index contributed by atoms with van der Waals surface area (Å²) in [6, 6.07) is 4.51. The minimum Gasteiger partial charge on any atom is -0.374 e. The first-order chi connectivity index (χ1) is 7.34. The minimum absolute atomic E-state index is 0.542. The molecular weight excluding hydrogens is 256 g/mol. The third-order valence-corrected chi connectivity index (χ3v) is 2.99. The van der Waals surface area contributed by atoms with Gasteiger partial charge in [0, 0.05) is 16.7 Å². The van der Waals surface area contributed by atoms with Gasteiger partial charge < -0.3 is 10.1 Å². The van der Waals surface area contributed by atoms with E-state index in [9.17, 15) is 0 Å². The van der Waals surface area contributed by atoms with Crippen molar-refractivity contribution in [1.82, 2.24) is 10.3 Å². The second-order valence-corrected chi connectivity index (χ2v) is 4.69. The Bertz CT molecular complexity index is 296. The van der Waals surface area contributed by atoms with Gasteiger partial charge in [0.2, 0.25) is 0 Å². The van der Waals surface area contributed by atoms with Gasteiger partial charge in [-0.05, 0) is 47.4 Å². The second kappa shape index (κ2) is 5.58. The molecule has 3 nitrogen and oxygen atoms in total. The van der Waals surface area contributed by atoms with E-state index in [4.69, 9.17) is 4.74 Å². The summed E-state index contributed by atoms with van der Waals surface area (Å²) in [7, 11) is 0. The summed E-state index contributed by atoms with van der Waals surface area (Å²) in [5.74, 6) is 0. The van der Waals surface area contributed by atoms with Crippen LogP contribution < -0.4 is 5.32 Å². The molecule has 1 aromatic heterocycles. The lowest BCUT2D eigenvalue weighted by Crippen LogP contribution is -2.26. The number of pyridine rings is 1. The molecule has 1 N–H and O–H groups in total. The van der Waals surface area contributed by atoms with E-state index in [1.807, 2.05) is 12.1 Å². The van der Waals surface area contributed by atoms with Gasteiger partial charge in [0.25, 0.3) is 0 Å². The first kappa shape index (κ1) is 11.0. The zero-order valence-electron chi connectivity index (χ0n) is 8.58. The molecule has 0 spiro atoms. The van der Waals surface area contributed by atoms with Crippen LogP contribution in [0.4, 0.5) is 0 Å². The van der Waals surface area contributed by atoms with Crippen molar-refractivity contribution in [1.29, 1.82) is 0 Å². The van der Waals surface area contributed by atoms with Gasteiger partial charge in [-0.1, -0.05) is 0 Å². The van der Waals surface area contributed by atoms with E-state index >= 15 is 0 Å². The lowest BCUT2D eigenvalue weighted by molar-refractivity contribution is 0.101. The highest BCUT2D eigenvalue weighted by Gasteiger charge is 2.13. The largest absolute Gasteiger partial charge is 0.374 e. The predicted molar refractivity (Wildman–Crippen MR) is 62.6 cm³/mol. The zero-order valence-corrected chi connectivity index (χ0v) is 10.2. The average molecular weight is 271 g/mol. The molecule has 0 aliphatic carbocycles. The Morgan fingerprint density at radius 1 is 1.53 bits per heavy atom. The predicted octanol–water partition coefficient (Wildman–Crippen LogP) is 2.11. The van der Waals surface area contributed by atoms with Crippen LogP contribution in [0.25, 0.3) is 0 Å². The summed E-state index contributed by atoms with van der Waals surface area (Å²) in [4.78, 5) is 4.25. The summed E-state index contributed by atoms with van der Waals surface area (Å²) in [6.45, 7) is 2.52. The van der Waals surface area contributed by atoms with E-state index in [-0.39, 0.29) is 0 Å². The van der Waals surface area contributed by atoms with Crippen LogP contribution in [0.5, 0.6) is 0 Å². The third kappa shape index (κ3) is 3.55. The first-order valence-electron chi connectivity index (χ1n) is 5.26. The highest BCUT2D eigenvalue weighted by atomic mass is 79.9. The normalized spacial score (nSPS) is 20.7. The molecule has 15 heavy (non-hydrogen) atoms. The molecule has 0 amide bonds. The van der Waals surface area contributed by atoms with E-state index in [1.165, 1.54) is 12.8 Å². The van der Waals surface area contributed by atoms with Gasteiger partial charge in [0.15, 0.2) is 0 Å². The van der Waals surface area contributed by atoms with Gasteiger partial charge >= 0.3 is 0 Å². The summed E-state index contributed by atoms with van der Waals surface area (Å²) in [6.07, 6.45) is 4.30. The van der Waals surface area contributed by atoms with E-state index in [0.717, 1.165) is 23.3 Å². The lowest BCUT2D eigenvalue weighted by Gasteiger charge is -2.10. The second-order valence-electron chi connectivity index (χ2n) is 3.78. The topological polar surface area (TPSA) is 34.1 Å². The molecule has 0 saturated carbocycles. The maximum atomic E-state index is 5.60. The highest BCUT2D eigenvalue weighted by Crippen LogP contribution is 2.09. The van der Waals surface area contributed by atoms with E-state index in [1.54, 1.807) is 6.20 Å². The van der Waals surface area contributed by atoms with Crippen molar-refractivity contribution in [2.45, 2.75) is 25.5 Å². The van der Waals surface area contributed by atoms with Gasteiger partial charge in [-0.3, -0.25) is 4.98 Å². The molecule has 1 unspecified atom stereocenters. The van der Waals surface area contributed by atoms with Crippen LogP contribution in [0.3, 0.4) is 0 Å². The molecule has 2 heterocycles. The molecule has 1 saturated heterocycles. The average Bonchev–Trinajstić information content (AvgIpc) is 2.74. The molecule has 1 aliphatic heterocycles. The van der Waals surface area contributed by atoms with Crippen molar-refractivity contribution in [3.05, 3.63) is 28.5 Å². The van der Waals surface area contributed by atoms with Gasteiger partial charge in [-0.25, -0.2) is 0 Å². The fourth-order valence-electron chi connectivity index (χ4n) is 1.70. The maximum absolute atomic E-state index is 5.60. The van der Waals surface area contributed by atoms with Crippen LogP contribution in [-0.2, 0) is 11.3 Å². The number of nitrogens with zero attached hydrogens (tertiary/aromatic N) is 1. The standard InChI is InChI=1S/C11H15BrN2O/c12-9-3-4-11(14-6-9)8-15-7-10-2-1-5-13-10/h3-4,6,10,13H,1-2,5,7-8H2. The fraction of sp³-hybridized carbons (Fsp3) is 0.545. The van der Waals surface area contributed by atoms with Crippen LogP contribution >= 0.6 is 15.9 Å². The van der Waals surface area contributed by atoms with E-state index in [2.05, 4.69) is 26.2 Å². The molecule has 0 radical (unpaired) electrons. The summed E-state index contributed by atoms with van der Waals surface area (Å²) in [5, 5.41) is 3.40. The first-order valence-corrected chi connectivity index (χ1v) is 6.05. The molecule has 82 valence electrons. The number of nitrogens with one attached hydrogen (secondary N) is 1. The molecule has 1 aliphatic rings. The van der Waals surface area contributed by atoms with Crippen LogP contribution in [0.1, 0.15) is 18.5 Å². The number of ether oxygens (including phenoxy) is 1. The number of aromatic nitrogens is 1. The fourth-order valence-corrected chi connectivity index (χ4v) is 1.93. The highest BCUT2D eigenvalue weighted by molar-refractivity contribution is 9.10. The van der Waals surface area contributed by atoms with Crippen LogP contribution in [-0.4, -0.2) is 24.2 Å². The number of hydrogen-bond donors (Lipinski definition) is 1. The smallest absolute Gasteiger partial charge is 0.0888 e. The summed E-state index contributed by atoms with van der Waals surface area (Å²) < 4.78 is 6.61. The van der Waals surface area contributed by atoms with Crippen molar-refractivity contribution in [3.63, 3.8) is 0 Å². The van der Waals surface area contributed by atoms with Crippen LogP contribution in [0.15, 0.2) is 22.8 Å². The number of hydrogen-bond acceptors (Lipinski definition) is 3. The van der Waals surface area contributed by atoms with Crippen molar-refractivity contribution in [2.24, 2.45) is 0 Å². The van der Waals surface area contributed by atoms with Gasteiger partial charge in [-0.2, -0.15) is 0 Å². The molecular formula is C11H15BrN2O. The Hall–Kier alpha value is -0.450. The Balaban J connectivity index is 1.71. The van der Waals surface area contributed by atoms with Crippen molar-refractivity contribution in [3.8, 4) is 0 Å². The molecule has 1 fully saturated rings. The summed E-state index contributed by atoms with van der Waals surface area (Å²) in [5.41, 5.74) is 0.983. The van der Waals surface area contributed by atoms with E-state index in [0.29, 0.717) is 12.6 Å². The SMILES string of the molecule is Brc1ccc(COCC2CCCN2)nc1. The van der Waals surface area contributed by atoms with Crippen molar-refractivity contribution in [2.75, 3.05) is 13.2 Å². The van der Waals surface area contributed by atoms with Crippen molar-refractivity contribution >= 4 is 15.9 Å². The third-order valence-electron chi connectivity index (χ3n) is 2.52. The monoisotopic (exact) mass is 270 g/mol. The molecule has 0 aromatic carbocycles. The lowest BCUT2D eigenvalue weighted by atomic mass is 10.2. The quantitative estimate of drug-likeness (QED) is 0.910. The molecule has 1 atom stereocenters. The molecule has 1 aromatic rings. The minimum atomic E-state index is 0.542. The molecule has 0 bridgehead atoms. The Morgan fingerprint density at radius 2 is 2.47 bits per heavy atom. The maximum Gasteiger partial charge on any atom is 0.0888 e. The Morgan fingerprint density at radius 3 is 3.13 bits per heavy atom. The summed E-state index contributed by atoms with van der Waals surface area (Å²) >= 11 is 3.35. The number of rotatable bonds is 4. The molecule has 2 rings (SSSR count). The zero-order chi connectivity index (χ0) is 10.5. The van der Waals surface area contributed by atoms with Gasteiger partial charge in [0.1, 0.15) is 0 Å². The van der Waals surface area contributed by atoms with E-state index < -0.39 is 0 Å². The Kier molecular flexibility index (Phi) is 4.11. The van der Waals surface area contributed by atoms with Crippen LogP contribution in [0.2, 0.25) is 0 Å². The van der Waals surface area contributed by atoms with Gasteiger partial charge in [0.05, 0.1) is 18.9 Å².